The fourth-order valence-electron chi connectivity index (χ4n) is 4.47. The van der Waals surface area contributed by atoms with E-state index in [9.17, 15) is 4.79 Å². The highest BCUT2D eigenvalue weighted by molar-refractivity contribution is 7.21. The minimum Gasteiger partial charge on any atom is -0.397 e. The van der Waals surface area contributed by atoms with Gasteiger partial charge in [0.1, 0.15) is 9.71 Å². The van der Waals surface area contributed by atoms with Crippen molar-refractivity contribution in [1.82, 2.24) is 9.88 Å². The molecule has 1 aliphatic carbocycles. The Morgan fingerprint density at radius 3 is 2.68 bits per heavy atom. The molecule has 0 spiro atoms. The number of nitrogen functional groups attached to an aromatic ring is 1. The lowest BCUT2D eigenvalue weighted by atomic mass is 9.87. The molecule has 4 rings (SSSR count). The van der Waals surface area contributed by atoms with Crippen molar-refractivity contribution in [2.45, 2.75) is 71.4 Å². The number of amides is 1. The summed E-state index contributed by atoms with van der Waals surface area (Å²) in [5.41, 5.74) is 9.57. The first-order chi connectivity index (χ1) is 12.0. The number of aromatic nitrogens is 1. The van der Waals surface area contributed by atoms with Crippen LogP contribution in [-0.4, -0.2) is 27.9 Å². The van der Waals surface area contributed by atoms with Gasteiger partial charge in [0.05, 0.1) is 5.69 Å². The van der Waals surface area contributed by atoms with E-state index >= 15 is 0 Å². The summed E-state index contributed by atoms with van der Waals surface area (Å²) in [6.45, 7) is 6.59. The molecule has 5 heteroatoms. The number of anilines is 1. The van der Waals surface area contributed by atoms with Crippen LogP contribution in [0.25, 0.3) is 10.2 Å². The molecule has 25 heavy (non-hydrogen) atoms. The summed E-state index contributed by atoms with van der Waals surface area (Å²) in [5.74, 6) is 0.786. The first-order valence-electron chi connectivity index (χ1n) is 9.49. The van der Waals surface area contributed by atoms with Crippen LogP contribution in [0.4, 0.5) is 5.69 Å². The van der Waals surface area contributed by atoms with Gasteiger partial charge in [0.2, 0.25) is 0 Å². The quantitative estimate of drug-likeness (QED) is 0.822. The molecule has 2 aromatic heterocycles. The Balaban J connectivity index is 1.75. The standard InChI is InChI=1S/C20H27N3OS/c1-11-7-8-16-14(9-11)10-15-17(21)18(25-19(15)22-16)20(24)23-12(2)5-4-6-13(23)3/h10-13H,4-9,21H2,1-3H3/t11?,12-,13-/m0/s1. The summed E-state index contributed by atoms with van der Waals surface area (Å²) in [7, 11) is 0. The van der Waals surface area contributed by atoms with Crippen molar-refractivity contribution < 1.29 is 4.79 Å². The Kier molecular flexibility index (Phi) is 4.22. The molecule has 2 N–H and O–H groups in total. The van der Waals surface area contributed by atoms with Gasteiger partial charge >= 0.3 is 0 Å². The Labute approximate surface area is 153 Å². The lowest BCUT2D eigenvalue weighted by Crippen LogP contribution is -2.47. The number of aryl methyl sites for hydroxylation is 1. The van der Waals surface area contributed by atoms with Crippen LogP contribution in [0.15, 0.2) is 6.07 Å². The van der Waals surface area contributed by atoms with Gasteiger partial charge in [0.25, 0.3) is 5.91 Å². The van der Waals surface area contributed by atoms with Gasteiger partial charge in [-0.1, -0.05) is 6.92 Å². The fourth-order valence-corrected chi connectivity index (χ4v) is 5.51. The third-order valence-electron chi connectivity index (χ3n) is 5.95. The zero-order valence-corrected chi connectivity index (χ0v) is 16.2. The van der Waals surface area contributed by atoms with Gasteiger partial charge in [-0.15, -0.1) is 11.3 Å². The second-order valence-electron chi connectivity index (χ2n) is 7.98. The normalized spacial score (nSPS) is 26.7. The second kappa shape index (κ2) is 6.27. The van der Waals surface area contributed by atoms with E-state index in [0.29, 0.717) is 16.5 Å². The van der Waals surface area contributed by atoms with E-state index in [1.54, 1.807) is 0 Å². The highest BCUT2D eigenvalue weighted by atomic mass is 32.1. The summed E-state index contributed by atoms with van der Waals surface area (Å²) < 4.78 is 0. The molecule has 0 radical (unpaired) electrons. The van der Waals surface area contributed by atoms with Crippen molar-refractivity contribution in [1.29, 1.82) is 0 Å². The Morgan fingerprint density at radius 2 is 1.96 bits per heavy atom. The van der Waals surface area contributed by atoms with Crippen LogP contribution in [0.2, 0.25) is 0 Å². The molecule has 1 aliphatic heterocycles. The van der Waals surface area contributed by atoms with Gasteiger partial charge in [-0.25, -0.2) is 4.98 Å². The molecule has 1 amide bonds. The van der Waals surface area contributed by atoms with Gasteiger partial charge in [0, 0.05) is 23.2 Å². The third-order valence-corrected chi connectivity index (χ3v) is 7.06. The molecule has 2 aliphatic rings. The van der Waals surface area contributed by atoms with Gasteiger partial charge in [-0.3, -0.25) is 4.79 Å². The number of pyridine rings is 1. The van der Waals surface area contributed by atoms with E-state index in [0.717, 1.165) is 35.9 Å². The summed E-state index contributed by atoms with van der Waals surface area (Å²) in [5, 5.41) is 0.971. The molecular formula is C20H27N3OS. The average Bonchev–Trinajstić information content (AvgIpc) is 2.89. The Bertz CT molecular complexity index is 818. The Hall–Kier alpha value is -1.62. The number of nitrogens with zero attached hydrogens (tertiary/aromatic N) is 2. The van der Waals surface area contributed by atoms with Crippen molar-refractivity contribution in [3.8, 4) is 0 Å². The number of carbonyl (C=O) groups excluding carboxylic acids is 1. The van der Waals surface area contributed by atoms with E-state index in [2.05, 4.69) is 26.8 Å². The summed E-state index contributed by atoms with van der Waals surface area (Å²) in [6, 6.07) is 2.75. The van der Waals surface area contributed by atoms with Crippen molar-refractivity contribution in [2.75, 3.05) is 5.73 Å². The maximum Gasteiger partial charge on any atom is 0.266 e. The molecule has 0 aromatic carbocycles. The smallest absolute Gasteiger partial charge is 0.266 e. The van der Waals surface area contributed by atoms with Gasteiger partial charge < -0.3 is 10.6 Å². The topological polar surface area (TPSA) is 59.2 Å². The monoisotopic (exact) mass is 357 g/mol. The number of rotatable bonds is 1. The molecule has 1 unspecified atom stereocenters. The molecular weight excluding hydrogens is 330 g/mol. The van der Waals surface area contributed by atoms with Crippen LogP contribution in [0.1, 0.15) is 67.4 Å². The van der Waals surface area contributed by atoms with Crippen LogP contribution in [0.5, 0.6) is 0 Å². The SMILES string of the molecule is CC1CCc2nc3sc(C(=O)N4[C@@H](C)CCC[C@@H]4C)c(N)c3cc2C1. The van der Waals surface area contributed by atoms with Gasteiger partial charge in [-0.05, 0) is 69.9 Å². The zero-order chi connectivity index (χ0) is 17.7. The molecule has 2 aromatic rings. The van der Waals surface area contributed by atoms with Crippen molar-refractivity contribution in [3.63, 3.8) is 0 Å². The van der Waals surface area contributed by atoms with Crippen molar-refractivity contribution in [3.05, 3.63) is 22.2 Å². The number of hydrogen-bond donors (Lipinski definition) is 1. The predicted molar refractivity (Wildman–Crippen MR) is 104 cm³/mol. The van der Waals surface area contributed by atoms with Crippen LogP contribution in [0.3, 0.4) is 0 Å². The average molecular weight is 358 g/mol. The van der Waals surface area contributed by atoms with Crippen molar-refractivity contribution in [2.24, 2.45) is 5.92 Å². The van der Waals surface area contributed by atoms with Crippen LogP contribution < -0.4 is 5.73 Å². The molecule has 0 bridgehead atoms. The lowest BCUT2D eigenvalue weighted by molar-refractivity contribution is 0.0517. The molecule has 3 atom stereocenters. The van der Waals surface area contributed by atoms with Crippen LogP contribution in [0, 0.1) is 5.92 Å². The van der Waals surface area contributed by atoms with E-state index in [1.165, 1.54) is 35.4 Å². The number of thiophene rings is 1. The van der Waals surface area contributed by atoms with E-state index < -0.39 is 0 Å². The zero-order valence-electron chi connectivity index (χ0n) is 15.3. The van der Waals surface area contributed by atoms with Crippen molar-refractivity contribution >= 4 is 33.1 Å². The highest BCUT2D eigenvalue weighted by Crippen LogP contribution is 2.38. The number of carbonyl (C=O) groups is 1. The van der Waals surface area contributed by atoms with Gasteiger partial charge in [0.15, 0.2) is 0 Å². The van der Waals surface area contributed by atoms with Crippen LogP contribution >= 0.6 is 11.3 Å². The molecule has 0 saturated carbocycles. The molecule has 4 nitrogen and oxygen atoms in total. The van der Waals surface area contributed by atoms with E-state index in [1.807, 2.05) is 4.90 Å². The Morgan fingerprint density at radius 1 is 1.24 bits per heavy atom. The minimum absolute atomic E-state index is 0.0894. The number of likely N-dealkylation sites (tertiary alicyclic amines) is 1. The number of fused-ring (bicyclic) bond motifs is 2. The number of piperidine rings is 1. The second-order valence-corrected chi connectivity index (χ2v) is 8.98. The first-order valence-corrected chi connectivity index (χ1v) is 10.3. The minimum atomic E-state index is 0.0894. The summed E-state index contributed by atoms with van der Waals surface area (Å²) >= 11 is 1.48. The number of hydrogen-bond acceptors (Lipinski definition) is 4. The molecule has 1 saturated heterocycles. The highest BCUT2D eigenvalue weighted by Gasteiger charge is 2.32. The summed E-state index contributed by atoms with van der Waals surface area (Å²) in [4.78, 5) is 21.7. The summed E-state index contributed by atoms with van der Waals surface area (Å²) in [6.07, 6.45) is 6.64. The van der Waals surface area contributed by atoms with E-state index in [-0.39, 0.29) is 18.0 Å². The fraction of sp³-hybridized carbons (Fsp3) is 0.600. The molecule has 1 fully saturated rings. The maximum absolute atomic E-state index is 13.2. The molecule has 134 valence electrons. The molecule has 3 heterocycles. The predicted octanol–water partition coefficient (Wildman–Crippen LogP) is 4.41. The largest absolute Gasteiger partial charge is 0.397 e. The van der Waals surface area contributed by atoms with E-state index in [4.69, 9.17) is 10.7 Å². The van der Waals surface area contributed by atoms with Crippen LogP contribution in [-0.2, 0) is 12.8 Å². The maximum atomic E-state index is 13.2. The van der Waals surface area contributed by atoms with Gasteiger partial charge in [-0.2, -0.15) is 0 Å². The lowest BCUT2D eigenvalue weighted by Gasteiger charge is -2.38. The third kappa shape index (κ3) is 2.82. The number of nitrogens with two attached hydrogens (primary N) is 1. The first kappa shape index (κ1) is 16.8.